The average Bonchev–Trinajstić information content (AvgIpc) is 2.46. The number of alkyl halides is 2. The molecule has 2 unspecified atom stereocenters. The minimum Gasteiger partial charge on any atom is -0.460 e. The van der Waals surface area contributed by atoms with Crippen LogP contribution in [-0.4, -0.2) is 18.2 Å². The van der Waals surface area contributed by atoms with E-state index in [9.17, 15) is 13.6 Å². The van der Waals surface area contributed by atoms with Gasteiger partial charge in [0.1, 0.15) is 11.4 Å². The molecule has 24 heavy (non-hydrogen) atoms. The van der Waals surface area contributed by atoms with Crippen LogP contribution in [0.2, 0.25) is 0 Å². The number of carbonyl (C=O) groups excluding carboxylic acids is 1. The Morgan fingerprint density at radius 1 is 1.21 bits per heavy atom. The molecule has 1 aromatic rings. The highest BCUT2D eigenvalue weighted by atomic mass is 19.3. The van der Waals surface area contributed by atoms with Crippen LogP contribution in [0.4, 0.5) is 8.78 Å². The van der Waals surface area contributed by atoms with Crippen molar-refractivity contribution < 1.29 is 23.0 Å². The normalized spacial score (nSPS) is 14.3. The smallest absolute Gasteiger partial charge is 0.387 e. The van der Waals surface area contributed by atoms with Crippen molar-refractivity contribution in [3.05, 3.63) is 29.8 Å². The quantitative estimate of drug-likeness (QED) is 0.709. The number of hydrogen-bond acceptors (Lipinski definition) is 4. The van der Waals surface area contributed by atoms with Crippen LogP contribution in [0.15, 0.2) is 24.3 Å². The number of rotatable bonds is 8. The Morgan fingerprint density at radius 2 is 1.79 bits per heavy atom. The molecule has 0 spiro atoms. The lowest BCUT2D eigenvalue weighted by Gasteiger charge is -2.24. The van der Waals surface area contributed by atoms with Crippen molar-refractivity contribution in [2.24, 2.45) is 11.7 Å². The van der Waals surface area contributed by atoms with Crippen LogP contribution in [0.3, 0.4) is 0 Å². The van der Waals surface area contributed by atoms with E-state index in [-0.39, 0.29) is 23.7 Å². The fraction of sp³-hybridized carbons (Fsp3) is 0.611. The third kappa shape index (κ3) is 7.25. The van der Waals surface area contributed by atoms with Gasteiger partial charge in [0.2, 0.25) is 0 Å². The van der Waals surface area contributed by atoms with Gasteiger partial charge in [-0.25, -0.2) is 0 Å². The Balaban J connectivity index is 2.62. The van der Waals surface area contributed by atoms with E-state index in [4.69, 9.17) is 10.5 Å². The summed E-state index contributed by atoms with van der Waals surface area (Å²) < 4.78 is 34.0. The Hall–Kier alpha value is -1.69. The summed E-state index contributed by atoms with van der Waals surface area (Å²) in [4.78, 5) is 11.8. The third-order valence-corrected chi connectivity index (χ3v) is 3.66. The topological polar surface area (TPSA) is 61.5 Å². The lowest BCUT2D eigenvalue weighted by atomic mass is 9.88. The summed E-state index contributed by atoms with van der Waals surface area (Å²) in [6, 6.07) is 6.03. The van der Waals surface area contributed by atoms with Crippen molar-refractivity contribution in [3.63, 3.8) is 0 Å². The molecule has 0 amide bonds. The Bertz CT molecular complexity index is 512. The second-order valence-corrected chi connectivity index (χ2v) is 6.77. The molecule has 0 bridgehead atoms. The number of ether oxygens (including phenoxy) is 2. The zero-order valence-electron chi connectivity index (χ0n) is 14.7. The van der Waals surface area contributed by atoms with Gasteiger partial charge < -0.3 is 15.2 Å². The third-order valence-electron chi connectivity index (χ3n) is 3.66. The van der Waals surface area contributed by atoms with Crippen LogP contribution in [0.5, 0.6) is 5.75 Å². The number of hydrogen-bond donors (Lipinski definition) is 1. The molecule has 136 valence electrons. The highest BCUT2D eigenvalue weighted by Gasteiger charge is 2.22. The predicted molar refractivity (Wildman–Crippen MR) is 88.9 cm³/mol. The fourth-order valence-corrected chi connectivity index (χ4v) is 2.48. The number of esters is 1. The molecule has 0 aliphatic rings. The van der Waals surface area contributed by atoms with E-state index in [0.29, 0.717) is 12.8 Å². The molecule has 0 aliphatic carbocycles. The number of nitrogens with two attached hydrogens (primary N) is 1. The lowest BCUT2D eigenvalue weighted by Crippen LogP contribution is -2.26. The Morgan fingerprint density at radius 3 is 2.25 bits per heavy atom. The molecule has 0 saturated heterocycles. The van der Waals surface area contributed by atoms with Crippen molar-refractivity contribution in [3.8, 4) is 5.75 Å². The minimum absolute atomic E-state index is 0.0967. The highest BCUT2D eigenvalue weighted by molar-refractivity contribution is 5.69. The van der Waals surface area contributed by atoms with Gasteiger partial charge in [-0.05, 0) is 50.8 Å². The average molecular weight is 343 g/mol. The maximum absolute atomic E-state index is 12.2. The van der Waals surface area contributed by atoms with Gasteiger partial charge in [-0.3, -0.25) is 4.79 Å². The number of carbonyl (C=O) groups is 1. The predicted octanol–water partition coefficient (Wildman–Crippen LogP) is 4.44. The van der Waals surface area contributed by atoms with Crippen molar-refractivity contribution in [1.82, 2.24) is 0 Å². The number of halogens is 2. The maximum Gasteiger partial charge on any atom is 0.387 e. The van der Waals surface area contributed by atoms with Crippen molar-refractivity contribution in [2.75, 3.05) is 0 Å². The summed E-state index contributed by atoms with van der Waals surface area (Å²) in [6.45, 7) is 4.65. The molecule has 6 heteroatoms. The minimum atomic E-state index is -2.85. The standard InChI is InChI=1S/C18H27F2NO3/c1-5-12(8-11-15(22)24-18(2,3)4)16(21)13-6-9-14(10-7-13)23-17(19)20/h6-7,9-10,12,16-17H,5,8,11,21H2,1-4H3. The van der Waals surface area contributed by atoms with Crippen LogP contribution in [0.1, 0.15) is 58.6 Å². The molecule has 1 rings (SSSR count). The van der Waals surface area contributed by atoms with Gasteiger partial charge in [0.05, 0.1) is 0 Å². The summed E-state index contributed by atoms with van der Waals surface area (Å²) in [5.41, 5.74) is 6.60. The summed E-state index contributed by atoms with van der Waals surface area (Å²) >= 11 is 0. The first-order valence-electron chi connectivity index (χ1n) is 8.14. The molecule has 0 radical (unpaired) electrons. The van der Waals surface area contributed by atoms with Gasteiger partial charge in [-0.1, -0.05) is 25.5 Å². The molecular formula is C18H27F2NO3. The van der Waals surface area contributed by atoms with E-state index in [1.165, 1.54) is 12.1 Å². The van der Waals surface area contributed by atoms with E-state index >= 15 is 0 Å². The Labute approximate surface area is 142 Å². The first-order valence-corrected chi connectivity index (χ1v) is 8.14. The van der Waals surface area contributed by atoms with Crippen molar-refractivity contribution in [2.45, 2.75) is 65.2 Å². The second-order valence-electron chi connectivity index (χ2n) is 6.77. The lowest BCUT2D eigenvalue weighted by molar-refractivity contribution is -0.155. The zero-order chi connectivity index (χ0) is 18.3. The first-order chi connectivity index (χ1) is 11.1. The first kappa shape index (κ1) is 20.4. The van der Waals surface area contributed by atoms with E-state index < -0.39 is 12.2 Å². The monoisotopic (exact) mass is 343 g/mol. The second kappa shape index (κ2) is 8.97. The van der Waals surface area contributed by atoms with Crippen LogP contribution >= 0.6 is 0 Å². The molecule has 2 atom stereocenters. The molecular weight excluding hydrogens is 316 g/mol. The zero-order valence-corrected chi connectivity index (χ0v) is 14.7. The van der Waals surface area contributed by atoms with E-state index in [0.717, 1.165) is 12.0 Å². The molecule has 1 aromatic carbocycles. The summed E-state index contributed by atoms with van der Waals surface area (Å²) in [6.07, 6.45) is 1.72. The summed E-state index contributed by atoms with van der Waals surface area (Å²) in [7, 11) is 0. The van der Waals surface area contributed by atoms with Crippen LogP contribution in [-0.2, 0) is 9.53 Å². The molecule has 0 aromatic heterocycles. The maximum atomic E-state index is 12.2. The van der Waals surface area contributed by atoms with Crippen LogP contribution < -0.4 is 10.5 Å². The molecule has 2 N–H and O–H groups in total. The SMILES string of the molecule is CCC(CCC(=O)OC(C)(C)C)C(N)c1ccc(OC(F)F)cc1. The summed E-state index contributed by atoms with van der Waals surface area (Å²) in [5, 5.41) is 0. The van der Waals surface area contributed by atoms with E-state index in [1.54, 1.807) is 12.1 Å². The van der Waals surface area contributed by atoms with Crippen molar-refractivity contribution in [1.29, 1.82) is 0 Å². The molecule has 4 nitrogen and oxygen atoms in total. The Kier molecular flexibility index (Phi) is 7.60. The van der Waals surface area contributed by atoms with E-state index in [1.807, 2.05) is 27.7 Å². The van der Waals surface area contributed by atoms with E-state index in [2.05, 4.69) is 4.74 Å². The highest BCUT2D eigenvalue weighted by Crippen LogP contribution is 2.28. The largest absolute Gasteiger partial charge is 0.460 e. The van der Waals surface area contributed by atoms with Crippen LogP contribution in [0, 0.1) is 5.92 Å². The molecule has 0 heterocycles. The number of benzene rings is 1. The molecule has 0 aliphatic heterocycles. The molecule has 0 saturated carbocycles. The van der Waals surface area contributed by atoms with Gasteiger partial charge in [0.25, 0.3) is 0 Å². The fourth-order valence-electron chi connectivity index (χ4n) is 2.48. The van der Waals surface area contributed by atoms with Crippen LogP contribution in [0.25, 0.3) is 0 Å². The van der Waals surface area contributed by atoms with Gasteiger partial charge in [0, 0.05) is 12.5 Å². The van der Waals surface area contributed by atoms with Gasteiger partial charge in [0.15, 0.2) is 0 Å². The van der Waals surface area contributed by atoms with Gasteiger partial charge in [-0.15, -0.1) is 0 Å². The van der Waals surface area contributed by atoms with Gasteiger partial charge in [-0.2, -0.15) is 8.78 Å². The summed E-state index contributed by atoms with van der Waals surface area (Å²) in [5.74, 6) is -0.0454. The van der Waals surface area contributed by atoms with Crippen molar-refractivity contribution >= 4 is 5.97 Å². The van der Waals surface area contributed by atoms with Gasteiger partial charge >= 0.3 is 12.6 Å². The molecule has 0 fully saturated rings.